The van der Waals surface area contributed by atoms with Crippen molar-refractivity contribution < 1.29 is 23.1 Å². The van der Waals surface area contributed by atoms with Crippen LogP contribution in [0, 0.1) is 0 Å². The first-order valence-corrected chi connectivity index (χ1v) is 11.8. The Morgan fingerprint density at radius 3 is 2.68 bits per heavy atom. The predicted molar refractivity (Wildman–Crippen MR) is 118 cm³/mol. The van der Waals surface area contributed by atoms with Gasteiger partial charge in [-0.3, -0.25) is 0 Å². The lowest BCUT2D eigenvalue weighted by Gasteiger charge is -2.34. The molecular formula is C20H27N5O5S. The summed E-state index contributed by atoms with van der Waals surface area (Å²) in [5.74, 6) is 0.403. The maximum atomic E-state index is 12.3. The van der Waals surface area contributed by atoms with Crippen molar-refractivity contribution in [1.82, 2.24) is 15.3 Å². The van der Waals surface area contributed by atoms with Gasteiger partial charge in [-0.05, 0) is 31.2 Å². The normalized spacial score (nSPS) is 16.7. The summed E-state index contributed by atoms with van der Waals surface area (Å²) in [6.45, 7) is 3.32. The van der Waals surface area contributed by atoms with Gasteiger partial charge < -0.3 is 25.4 Å². The standard InChI is InChI=1S/C20H27N5O5S/c1-14-12-30-9-7-25(14)18-11-17(13-31(28,29)10-8-26)22-19(24-18)15-3-5-16(6-4-15)23-20(27)21-2/h3-6,11,14,26H,7-10,12-13H2,1-2H3,(H2,21,23,27)/t14-/m0/s1. The molecule has 1 aliphatic heterocycles. The van der Waals surface area contributed by atoms with Gasteiger partial charge in [-0.2, -0.15) is 0 Å². The molecule has 1 aromatic carbocycles. The molecule has 31 heavy (non-hydrogen) atoms. The van der Waals surface area contributed by atoms with Crippen LogP contribution in [0.25, 0.3) is 11.4 Å². The highest BCUT2D eigenvalue weighted by molar-refractivity contribution is 7.90. The minimum Gasteiger partial charge on any atom is -0.395 e. The number of ether oxygens (including phenoxy) is 1. The Morgan fingerprint density at radius 2 is 2.03 bits per heavy atom. The van der Waals surface area contributed by atoms with Crippen LogP contribution in [-0.2, 0) is 20.3 Å². The van der Waals surface area contributed by atoms with Gasteiger partial charge in [-0.25, -0.2) is 23.2 Å². The first kappa shape index (κ1) is 22.9. The van der Waals surface area contributed by atoms with Gasteiger partial charge in [0.2, 0.25) is 0 Å². The first-order chi connectivity index (χ1) is 14.8. The number of carbonyl (C=O) groups is 1. The third kappa shape index (κ3) is 6.12. The van der Waals surface area contributed by atoms with E-state index in [1.54, 1.807) is 30.3 Å². The van der Waals surface area contributed by atoms with Crippen molar-refractivity contribution >= 4 is 27.4 Å². The van der Waals surface area contributed by atoms with Crippen molar-refractivity contribution in [3.05, 3.63) is 36.0 Å². The van der Waals surface area contributed by atoms with Gasteiger partial charge in [0.15, 0.2) is 15.7 Å². The zero-order valence-corrected chi connectivity index (χ0v) is 18.4. The van der Waals surface area contributed by atoms with E-state index in [2.05, 4.69) is 25.5 Å². The summed E-state index contributed by atoms with van der Waals surface area (Å²) >= 11 is 0. The minimum absolute atomic E-state index is 0.0810. The minimum atomic E-state index is -3.51. The molecule has 3 rings (SSSR count). The number of morpholine rings is 1. The van der Waals surface area contributed by atoms with Gasteiger partial charge in [-0.1, -0.05) is 0 Å². The molecule has 0 spiro atoms. The summed E-state index contributed by atoms with van der Waals surface area (Å²) in [4.78, 5) is 22.7. The molecule has 11 heteroatoms. The molecule has 0 saturated carbocycles. The third-order valence-electron chi connectivity index (χ3n) is 4.83. The number of hydrogen-bond donors (Lipinski definition) is 3. The second-order valence-electron chi connectivity index (χ2n) is 7.26. The number of nitrogens with zero attached hydrogens (tertiary/aromatic N) is 3. The molecule has 0 bridgehead atoms. The Bertz CT molecular complexity index is 1010. The van der Waals surface area contributed by atoms with Crippen LogP contribution in [-0.4, -0.2) is 74.7 Å². The number of amides is 2. The van der Waals surface area contributed by atoms with Gasteiger partial charge in [0.25, 0.3) is 0 Å². The molecular weight excluding hydrogens is 422 g/mol. The van der Waals surface area contributed by atoms with Crippen LogP contribution < -0.4 is 15.5 Å². The fourth-order valence-corrected chi connectivity index (χ4v) is 4.25. The van der Waals surface area contributed by atoms with Crippen LogP contribution in [0.3, 0.4) is 0 Å². The Balaban J connectivity index is 1.97. The topological polar surface area (TPSA) is 134 Å². The quantitative estimate of drug-likeness (QED) is 0.571. The van der Waals surface area contributed by atoms with E-state index in [0.29, 0.717) is 48.3 Å². The van der Waals surface area contributed by atoms with Crippen LogP contribution in [0.2, 0.25) is 0 Å². The van der Waals surface area contributed by atoms with Gasteiger partial charge in [0, 0.05) is 30.9 Å². The van der Waals surface area contributed by atoms with E-state index in [4.69, 9.17) is 9.84 Å². The van der Waals surface area contributed by atoms with E-state index in [1.165, 1.54) is 7.05 Å². The molecule has 1 atom stereocenters. The molecule has 0 aliphatic carbocycles. The van der Waals surface area contributed by atoms with Crippen LogP contribution in [0.15, 0.2) is 30.3 Å². The summed E-state index contributed by atoms with van der Waals surface area (Å²) < 4.78 is 30.0. The maximum Gasteiger partial charge on any atom is 0.318 e. The summed E-state index contributed by atoms with van der Waals surface area (Å²) in [6, 6.07) is 8.40. The highest BCUT2D eigenvalue weighted by Crippen LogP contribution is 2.25. The average molecular weight is 450 g/mol. The van der Waals surface area contributed by atoms with Crippen molar-refractivity contribution in [3.8, 4) is 11.4 Å². The second kappa shape index (κ2) is 10.0. The number of benzene rings is 1. The molecule has 1 aromatic heterocycles. The number of rotatable bonds is 7. The Hall–Kier alpha value is -2.76. The zero-order valence-electron chi connectivity index (χ0n) is 17.5. The smallest absolute Gasteiger partial charge is 0.318 e. The lowest BCUT2D eigenvalue weighted by Crippen LogP contribution is -2.44. The number of anilines is 2. The summed E-state index contributed by atoms with van der Waals surface area (Å²) in [7, 11) is -1.98. The number of sulfone groups is 1. The fraction of sp³-hybridized carbons (Fsp3) is 0.450. The van der Waals surface area contributed by atoms with Crippen LogP contribution >= 0.6 is 0 Å². The highest BCUT2D eigenvalue weighted by Gasteiger charge is 2.23. The van der Waals surface area contributed by atoms with Crippen molar-refractivity contribution in [2.45, 2.75) is 18.7 Å². The molecule has 3 N–H and O–H groups in total. The summed E-state index contributed by atoms with van der Waals surface area (Å²) in [5, 5.41) is 14.2. The molecule has 2 amide bonds. The van der Waals surface area contributed by atoms with Crippen molar-refractivity contribution in [2.75, 3.05) is 49.4 Å². The largest absolute Gasteiger partial charge is 0.395 e. The summed E-state index contributed by atoms with van der Waals surface area (Å²) in [6.07, 6.45) is 0. The number of urea groups is 1. The van der Waals surface area contributed by atoms with Gasteiger partial charge in [-0.15, -0.1) is 0 Å². The van der Waals surface area contributed by atoms with Crippen molar-refractivity contribution in [2.24, 2.45) is 0 Å². The molecule has 168 valence electrons. The van der Waals surface area contributed by atoms with Gasteiger partial charge in [0.1, 0.15) is 5.82 Å². The lowest BCUT2D eigenvalue weighted by molar-refractivity contribution is 0.0985. The molecule has 1 fully saturated rings. The maximum absolute atomic E-state index is 12.3. The van der Waals surface area contributed by atoms with E-state index in [9.17, 15) is 13.2 Å². The molecule has 2 heterocycles. The number of carbonyl (C=O) groups excluding carboxylic acids is 1. The SMILES string of the molecule is CNC(=O)Nc1ccc(-c2nc(CS(=O)(=O)CCO)cc(N3CCOC[C@@H]3C)n2)cc1. The van der Waals surface area contributed by atoms with E-state index in [0.717, 1.165) is 0 Å². The summed E-state index contributed by atoms with van der Waals surface area (Å²) in [5.41, 5.74) is 1.65. The van der Waals surface area contributed by atoms with E-state index >= 15 is 0 Å². The van der Waals surface area contributed by atoms with Gasteiger partial charge in [0.05, 0.1) is 43.1 Å². The molecule has 0 unspecified atom stereocenters. The molecule has 0 radical (unpaired) electrons. The molecule has 2 aromatic rings. The number of aliphatic hydroxyl groups excluding tert-OH is 1. The molecule has 1 saturated heterocycles. The number of aromatic nitrogens is 2. The monoisotopic (exact) mass is 449 g/mol. The number of nitrogens with one attached hydrogen (secondary N) is 2. The Kier molecular flexibility index (Phi) is 7.42. The molecule has 10 nitrogen and oxygen atoms in total. The number of aliphatic hydroxyl groups is 1. The molecule has 1 aliphatic rings. The van der Waals surface area contributed by atoms with Crippen molar-refractivity contribution in [1.29, 1.82) is 0 Å². The Morgan fingerprint density at radius 1 is 1.29 bits per heavy atom. The van der Waals surface area contributed by atoms with E-state index in [-0.39, 0.29) is 23.6 Å². The van der Waals surface area contributed by atoms with Crippen molar-refractivity contribution in [3.63, 3.8) is 0 Å². The first-order valence-electron chi connectivity index (χ1n) is 9.94. The Labute approximate surface area is 181 Å². The van der Waals surface area contributed by atoms with E-state index < -0.39 is 16.4 Å². The van der Waals surface area contributed by atoms with E-state index in [1.807, 2.05) is 6.92 Å². The predicted octanol–water partition coefficient (Wildman–Crippen LogP) is 1.03. The average Bonchev–Trinajstić information content (AvgIpc) is 2.74. The third-order valence-corrected chi connectivity index (χ3v) is 6.37. The fourth-order valence-electron chi connectivity index (χ4n) is 3.23. The van der Waals surface area contributed by atoms with Crippen LogP contribution in [0.5, 0.6) is 0 Å². The number of hydrogen-bond acceptors (Lipinski definition) is 8. The zero-order chi connectivity index (χ0) is 22.4. The van der Waals surface area contributed by atoms with Crippen LogP contribution in [0.4, 0.5) is 16.3 Å². The highest BCUT2D eigenvalue weighted by atomic mass is 32.2. The van der Waals surface area contributed by atoms with Crippen LogP contribution in [0.1, 0.15) is 12.6 Å². The lowest BCUT2D eigenvalue weighted by atomic mass is 10.2. The second-order valence-corrected chi connectivity index (χ2v) is 9.44. The van der Waals surface area contributed by atoms with Gasteiger partial charge >= 0.3 is 6.03 Å².